The van der Waals surface area contributed by atoms with E-state index in [1.807, 2.05) is 72.8 Å². The first-order valence-corrected chi connectivity index (χ1v) is 16.4. The number of rotatable bonds is 8. The third-order valence-corrected chi connectivity index (χ3v) is 7.88. The van der Waals surface area contributed by atoms with Gasteiger partial charge in [0.15, 0.2) is 0 Å². The van der Waals surface area contributed by atoms with Crippen molar-refractivity contribution in [1.29, 1.82) is 0 Å². The monoisotopic (exact) mass is 730 g/mol. The first kappa shape index (κ1) is 37.8. The Morgan fingerprint density at radius 2 is 0.741 bits per heavy atom. The zero-order chi connectivity index (χ0) is 38.5. The van der Waals surface area contributed by atoms with Crippen molar-refractivity contribution in [2.24, 2.45) is 0 Å². The molecule has 0 fully saturated rings. The Labute approximate surface area is 310 Å². The van der Waals surface area contributed by atoms with E-state index in [9.17, 15) is 19.2 Å². The van der Waals surface area contributed by atoms with Gasteiger partial charge in [-0.2, -0.15) is 0 Å². The minimum absolute atomic E-state index is 0.289. The summed E-state index contributed by atoms with van der Waals surface area (Å²) in [5.74, 6) is 0.888. The molecular weight excluding hydrogens is 692 g/mol. The molecule has 6 N–H and O–H groups in total. The molecule has 0 saturated heterocycles. The smallest absolute Gasteiger partial charge is 0.337 e. The van der Waals surface area contributed by atoms with Crippen LogP contribution >= 0.6 is 0 Å². The van der Waals surface area contributed by atoms with Crippen molar-refractivity contribution in [3.8, 4) is 23.0 Å². The number of methoxy groups -OCH3 is 4. The summed E-state index contributed by atoms with van der Waals surface area (Å²) in [5, 5.41) is 9.25. The van der Waals surface area contributed by atoms with Gasteiger partial charge in [-0.05, 0) is 47.2 Å². The van der Waals surface area contributed by atoms with Crippen LogP contribution in [0.15, 0.2) is 121 Å². The fourth-order valence-corrected chi connectivity index (χ4v) is 5.22. The topological polar surface area (TPSA) is 177 Å². The van der Waals surface area contributed by atoms with E-state index in [0.29, 0.717) is 34.4 Å². The van der Waals surface area contributed by atoms with E-state index in [-0.39, 0.29) is 11.1 Å². The quantitative estimate of drug-likeness (QED) is 0.0944. The molecule has 0 radical (unpaired) electrons. The van der Waals surface area contributed by atoms with Crippen LogP contribution in [0, 0.1) is 0 Å². The largest absolute Gasteiger partial charge is 0.497 e. The number of nitrogens with one attached hydrogen (secondary N) is 6. The third-order valence-electron chi connectivity index (χ3n) is 7.88. The summed E-state index contributed by atoms with van der Waals surface area (Å²) in [6.45, 7) is 0. The molecule has 0 unspecified atom stereocenters. The lowest BCUT2D eigenvalue weighted by Crippen LogP contribution is -2.43. The number of fused-ring (bicyclic) bond motifs is 2. The van der Waals surface area contributed by atoms with E-state index >= 15 is 0 Å². The van der Waals surface area contributed by atoms with Gasteiger partial charge in [-0.15, -0.1) is 0 Å². The molecule has 14 nitrogen and oxygen atoms in total. The van der Waals surface area contributed by atoms with Crippen LogP contribution in [0.2, 0.25) is 0 Å². The maximum Gasteiger partial charge on any atom is 0.337 e. The number of carbonyl (C=O) groups is 4. The number of amides is 6. The zero-order valence-electron chi connectivity index (χ0n) is 29.8. The molecule has 0 heterocycles. The van der Waals surface area contributed by atoms with E-state index in [2.05, 4.69) is 32.3 Å². The summed E-state index contributed by atoms with van der Waals surface area (Å²) >= 11 is 0. The minimum Gasteiger partial charge on any atom is -0.497 e. The average Bonchev–Trinajstić information content (AvgIpc) is 3.21. The fraction of sp³-hybridized carbons (Fsp3) is 0.100. The van der Waals surface area contributed by atoms with Crippen molar-refractivity contribution < 1.29 is 38.1 Å². The zero-order valence-corrected chi connectivity index (χ0v) is 29.8. The van der Waals surface area contributed by atoms with Gasteiger partial charge in [0.05, 0.1) is 39.8 Å². The molecule has 6 amide bonds. The van der Waals surface area contributed by atoms with Crippen molar-refractivity contribution in [3.05, 3.63) is 132 Å². The Morgan fingerprint density at radius 3 is 1.09 bits per heavy atom. The first-order chi connectivity index (χ1) is 26.2. The number of anilines is 2. The second-order valence-corrected chi connectivity index (χ2v) is 11.3. The van der Waals surface area contributed by atoms with Crippen molar-refractivity contribution in [1.82, 2.24) is 21.7 Å². The van der Waals surface area contributed by atoms with E-state index in [1.54, 1.807) is 48.5 Å². The van der Waals surface area contributed by atoms with E-state index in [4.69, 9.17) is 18.9 Å². The Kier molecular flexibility index (Phi) is 12.7. The second-order valence-electron chi connectivity index (χ2n) is 11.3. The van der Waals surface area contributed by atoms with Gasteiger partial charge in [-0.3, -0.25) is 20.4 Å². The number of hydrogen-bond acceptors (Lipinski definition) is 8. The first-order valence-electron chi connectivity index (χ1n) is 16.4. The lowest BCUT2D eigenvalue weighted by molar-refractivity contribution is 0.0930. The van der Waals surface area contributed by atoms with Gasteiger partial charge in [0.2, 0.25) is 0 Å². The number of hydrogen-bond donors (Lipinski definition) is 6. The third kappa shape index (κ3) is 9.85. The molecule has 0 aliphatic carbocycles. The van der Waals surface area contributed by atoms with Crippen molar-refractivity contribution in [3.63, 3.8) is 0 Å². The number of ether oxygens (including phenoxy) is 4. The number of hydrazine groups is 2. The van der Waals surface area contributed by atoms with Crippen molar-refractivity contribution in [2.45, 2.75) is 0 Å². The fourth-order valence-electron chi connectivity index (χ4n) is 5.22. The van der Waals surface area contributed by atoms with Crippen LogP contribution in [0.3, 0.4) is 0 Å². The van der Waals surface area contributed by atoms with E-state index in [0.717, 1.165) is 21.5 Å². The molecule has 0 aliphatic rings. The van der Waals surface area contributed by atoms with Gasteiger partial charge >= 0.3 is 12.1 Å². The Bertz CT molecular complexity index is 2080. The van der Waals surface area contributed by atoms with Crippen LogP contribution in [-0.4, -0.2) is 52.3 Å². The maximum atomic E-state index is 12.3. The van der Waals surface area contributed by atoms with Crippen LogP contribution in [0.4, 0.5) is 21.0 Å². The number of benzene rings is 6. The second kappa shape index (κ2) is 18.1. The average molecular weight is 731 g/mol. The summed E-state index contributed by atoms with van der Waals surface area (Å²) in [5.41, 5.74) is 11.3. The summed E-state index contributed by atoms with van der Waals surface area (Å²) < 4.78 is 20.5. The van der Waals surface area contributed by atoms with Gasteiger partial charge in [-0.25, -0.2) is 20.4 Å². The molecule has 0 aliphatic heterocycles. The van der Waals surface area contributed by atoms with Crippen LogP contribution in [0.5, 0.6) is 23.0 Å². The molecule has 0 aromatic heterocycles. The van der Waals surface area contributed by atoms with E-state index < -0.39 is 23.9 Å². The standard InChI is InChI=1S/2C20H19N3O4/c2*1-26-15-10-14(11-16(12-15)27-2)19(24)22-23-20(25)21-18-9-5-7-13-6-3-4-8-17(13)18/h2*3-12H,1-2H3,(H,22,24)(H2,21,23,25). The normalized spacial score (nSPS) is 10.1. The van der Waals surface area contributed by atoms with Crippen molar-refractivity contribution in [2.75, 3.05) is 39.1 Å². The highest BCUT2D eigenvalue weighted by molar-refractivity contribution is 6.04. The van der Waals surface area contributed by atoms with Crippen LogP contribution in [-0.2, 0) is 0 Å². The summed E-state index contributed by atoms with van der Waals surface area (Å²) in [7, 11) is 5.97. The van der Waals surface area contributed by atoms with E-state index in [1.165, 1.54) is 28.4 Å². The summed E-state index contributed by atoms with van der Waals surface area (Å²) in [6.07, 6.45) is 0. The Balaban J connectivity index is 0.000000208. The van der Waals surface area contributed by atoms with Crippen LogP contribution in [0.1, 0.15) is 20.7 Å². The molecule has 6 rings (SSSR count). The summed E-state index contributed by atoms with van der Waals surface area (Å²) in [6, 6.07) is 34.9. The number of urea groups is 2. The lowest BCUT2D eigenvalue weighted by Gasteiger charge is -2.12. The SMILES string of the molecule is COc1cc(OC)cc(C(=O)NNC(=O)Nc2cccc3ccccc23)c1.COc1cc(OC)cc(C(=O)NNC(=O)Nc2cccc3ccccc23)c1. The molecule has 0 bridgehead atoms. The molecule has 0 atom stereocenters. The van der Waals surface area contributed by atoms with Crippen molar-refractivity contribution >= 4 is 56.8 Å². The molecule has 0 saturated carbocycles. The minimum atomic E-state index is -0.561. The highest BCUT2D eigenvalue weighted by atomic mass is 16.5. The predicted molar refractivity (Wildman–Crippen MR) is 206 cm³/mol. The number of carbonyl (C=O) groups excluding carboxylic acids is 4. The van der Waals surface area contributed by atoms with Gasteiger partial charge in [0.25, 0.3) is 11.8 Å². The molecule has 14 heteroatoms. The molecule has 276 valence electrons. The van der Waals surface area contributed by atoms with Gasteiger partial charge < -0.3 is 29.6 Å². The highest BCUT2D eigenvalue weighted by Gasteiger charge is 2.13. The van der Waals surface area contributed by atoms with Gasteiger partial charge in [0, 0.05) is 34.0 Å². The Morgan fingerprint density at radius 1 is 0.407 bits per heavy atom. The molecule has 54 heavy (non-hydrogen) atoms. The lowest BCUT2D eigenvalue weighted by atomic mass is 10.1. The highest BCUT2D eigenvalue weighted by Crippen LogP contribution is 2.25. The van der Waals surface area contributed by atoms with Crippen LogP contribution < -0.4 is 51.3 Å². The molecule has 0 spiro atoms. The Hall–Kier alpha value is -7.48. The molecule has 6 aromatic rings. The van der Waals surface area contributed by atoms with Gasteiger partial charge in [-0.1, -0.05) is 72.8 Å². The molecule has 6 aromatic carbocycles. The summed E-state index contributed by atoms with van der Waals surface area (Å²) in [4.78, 5) is 48.9. The van der Waals surface area contributed by atoms with Gasteiger partial charge in [0.1, 0.15) is 23.0 Å². The van der Waals surface area contributed by atoms with Crippen LogP contribution in [0.25, 0.3) is 21.5 Å². The predicted octanol–water partition coefficient (Wildman–Crippen LogP) is 6.65. The maximum absolute atomic E-state index is 12.3. The molecular formula is C40H38N6O8.